The zero-order valence-electron chi connectivity index (χ0n) is 9.16. The molecule has 1 rings (SSSR count). The van der Waals surface area contributed by atoms with Crippen molar-refractivity contribution in [3.8, 4) is 0 Å². The maximum Gasteiger partial charge on any atom is 0.0410 e. The fraction of sp³-hybridized carbons (Fsp3) is 0.455. The summed E-state index contributed by atoms with van der Waals surface area (Å²) in [7, 11) is 2.09. The molecule has 0 aliphatic rings. The Morgan fingerprint density at radius 1 is 1.47 bits per heavy atom. The highest BCUT2D eigenvalue weighted by Gasteiger charge is 2.04. The van der Waals surface area contributed by atoms with Gasteiger partial charge in [-0.05, 0) is 37.1 Å². The maximum absolute atomic E-state index is 5.93. The second-order valence-corrected chi connectivity index (χ2v) is 5.00. The van der Waals surface area contributed by atoms with E-state index in [9.17, 15) is 0 Å². The Labute approximate surface area is 101 Å². The molecule has 4 heteroatoms. The minimum atomic E-state index is 0.748. The van der Waals surface area contributed by atoms with Gasteiger partial charge in [0.15, 0.2) is 0 Å². The second-order valence-electron chi connectivity index (χ2n) is 3.57. The normalized spacial score (nSPS) is 10.9. The first-order valence-corrected chi connectivity index (χ1v) is 6.62. The van der Waals surface area contributed by atoms with Gasteiger partial charge in [-0.15, -0.1) is 0 Å². The standard InChI is InChI=1S/C11H17ClN2S/c1-14(5-6-15-2)8-9-7-10(12)3-4-11(9)13/h3-4,7H,5-6,8,13H2,1-2H3. The first-order valence-electron chi connectivity index (χ1n) is 4.85. The van der Waals surface area contributed by atoms with E-state index in [-0.39, 0.29) is 0 Å². The Bertz CT molecular complexity index is 317. The molecule has 0 radical (unpaired) electrons. The fourth-order valence-corrected chi connectivity index (χ4v) is 2.02. The van der Waals surface area contributed by atoms with E-state index in [0.29, 0.717) is 0 Å². The molecule has 15 heavy (non-hydrogen) atoms. The molecule has 1 aromatic carbocycles. The topological polar surface area (TPSA) is 29.3 Å². The van der Waals surface area contributed by atoms with Crippen molar-refractivity contribution in [2.45, 2.75) is 6.54 Å². The molecule has 0 fully saturated rings. The van der Waals surface area contributed by atoms with Gasteiger partial charge in [0, 0.05) is 29.6 Å². The van der Waals surface area contributed by atoms with Crippen LogP contribution in [0.5, 0.6) is 0 Å². The average molecular weight is 245 g/mol. The van der Waals surface area contributed by atoms with E-state index in [1.165, 1.54) is 0 Å². The third-order valence-corrected chi connectivity index (χ3v) is 3.05. The average Bonchev–Trinajstić information content (AvgIpc) is 2.20. The summed E-state index contributed by atoms with van der Waals surface area (Å²) in [5.41, 5.74) is 7.79. The zero-order valence-corrected chi connectivity index (χ0v) is 10.7. The molecule has 0 bridgehead atoms. The maximum atomic E-state index is 5.93. The Morgan fingerprint density at radius 2 is 2.20 bits per heavy atom. The largest absolute Gasteiger partial charge is 0.398 e. The van der Waals surface area contributed by atoms with Crippen molar-refractivity contribution in [2.75, 3.05) is 31.3 Å². The highest BCUT2D eigenvalue weighted by atomic mass is 35.5. The van der Waals surface area contributed by atoms with Crippen LogP contribution in [0.25, 0.3) is 0 Å². The van der Waals surface area contributed by atoms with E-state index in [4.69, 9.17) is 17.3 Å². The van der Waals surface area contributed by atoms with Crippen molar-refractivity contribution in [2.24, 2.45) is 0 Å². The number of thioether (sulfide) groups is 1. The van der Waals surface area contributed by atoms with Gasteiger partial charge in [-0.3, -0.25) is 0 Å². The summed E-state index contributed by atoms with van der Waals surface area (Å²) >= 11 is 7.78. The van der Waals surface area contributed by atoms with Gasteiger partial charge in [-0.2, -0.15) is 11.8 Å². The zero-order chi connectivity index (χ0) is 11.3. The van der Waals surface area contributed by atoms with Gasteiger partial charge in [0.2, 0.25) is 0 Å². The van der Waals surface area contributed by atoms with E-state index in [1.807, 2.05) is 30.0 Å². The predicted molar refractivity (Wildman–Crippen MR) is 70.6 cm³/mol. The van der Waals surface area contributed by atoms with Crippen molar-refractivity contribution < 1.29 is 0 Å². The van der Waals surface area contributed by atoms with Crippen LogP contribution < -0.4 is 5.73 Å². The van der Waals surface area contributed by atoms with Crippen molar-refractivity contribution in [3.63, 3.8) is 0 Å². The third-order valence-electron chi connectivity index (χ3n) is 2.22. The van der Waals surface area contributed by atoms with Crippen LogP contribution in [-0.4, -0.2) is 30.5 Å². The van der Waals surface area contributed by atoms with Crippen molar-refractivity contribution >= 4 is 29.1 Å². The lowest BCUT2D eigenvalue weighted by molar-refractivity contribution is 0.349. The van der Waals surface area contributed by atoms with E-state index in [1.54, 1.807) is 0 Å². The molecule has 84 valence electrons. The van der Waals surface area contributed by atoms with E-state index >= 15 is 0 Å². The summed E-state index contributed by atoms with van der Waals surface area (Å²) in [5, 5.41) is 0.748. The van der Waals surface area contributed by atoms with Gasteiger partial charge in [0.25, 0.3) is 0 Å². The van der Waals surface area contributed by atoms with E-state index in [2.05, 4.69) is 18.2 Å². The molecule has 0 spiro atoms. The molecule has 0 heterocycles. The monoisotopic (exact) mass is 244 g/mol. The highest BCUT2D eigenvalue weighted by Crippen LogP contribution is 2.19. The summed E-state index contributed by atoms with van der Waals surface area (Å²) < 4.78 is 0. The Hall–Kier alpha value is -0.380. The first kappa shape index (κ1) is 12.7. The van der Waals surface area contributed by atoms with Gasteiger partial charge < -0.3 is 10.6 Å². The summed E-state index contributed by atoms with van der Waals surface area (Å²) in [4.78, 5) is 2.25. The van der Waals surface area contributed by atoms with Crippen LogP contribution in [0.15, 0.2) is 18.2 Å². The number of nitrogens with two attached hydrogens (primary N) is 1. The molecular weight excluding hydrogens is 228 g/mol. The van der Waals surface area contributed by atoms with Crippen LogP contribution in [0.4, 0.5) is 5.69 Å². The lowest BCUT2D eigenvalue weighted by atomic mass is 10.2. The van der Waals surface area contributed by atoms with Crippen LogP contribution in [0, 0.1) is 0 Å². The molecule has 0 amide bonds. The molecule has 2 N–H and O–H groups in total. The van der Waals surface area contributed by atoms with Gasteiger partial charge >= 0.3 is 0 Å². The Kier molecular flexibility index (Phi) is 5.29. The van der Waals surface area contributed by atoms with Crippen LogP contribution in [-0.2, 0) is 6.54 Å². The summed E-state index contributed by atoms with van der Waals surface area (Å²) in [6.45, 7) is 1.92. The van der Waals surface area contributed by atoms with Crippen LogP contribution in [0.3, 0.4) is 0 Å². The van der Waals surface area contributed by atoms with Crippen molar-refractivity contribution in [1.29, 1.82) is 0 Å². The predicted octanol–water partition coefficient (Wildman–Crippen LogP) is 2.72. The van der Waals surface area contributed by atoms with E-state index in [0.717, 1.165) is 35.1 Å². The number of nitrogens with zero attached hydrogens (tertiary/aromatic N) is 1. The number of hydrogen-bond acceptors (Lipinski definition) is 3. The van der Waals surface area contributed by atoms with Crippen LogP contribution in [0.1, 0.15) is 5.56 Å². The molecule has 0 aliphatic carbocycles. The number of nitrogen functional groups attached to an aromatic ring is 1. The Morgan fingerprint density at radius 3 is 2.87 bits per heavy atom. The molecule has 0 unspecified atom stereocenters. The molecule has 1 aromatic rings. The molecule has 0 atom stereocenters. The molecule has 0 aromatic heterocycles. The second kappa shape index (κ2) is 6.26. The number of hydrogen-bond donors (Lipinski definition) is 1. The number of halogens is 1. The van der Waals surface area contributed by atoms with Gasteiger partial charge in [0.1, 0.15) is 0 Å². The third kappa shape index (κ3) is 4.33. The molecular formula is C11H17ClN2S. The van der Waals surface area contributed by atoms with Crippen molar-refractivity contribution in [1.82, 2.24) is 4.90 Å². The lowest BCUT2D eigenvalue weighted by Gasteiger charge is -2.17. The van der Waals surface area contributed by atoms with Crippen LogP contribution >= 0.6 is 23.4 Å². The van der Waals surface area contributed by atoms with Gasteiger partial charge in [0.05, 0.1) is 0 Å². The van der Waals surface area contributed by atoms with Gasteiger partial charge in [-0.25, -0.2) is 0 Å². The lowest BCUT2D eigenvalue weighted by Crippen LogP contribution is -2.21. The van der Waals surface area contributed by atoms with Crippen LogP contribution in [0.2, 0.25) is 5.02 Å². The minimum Gasteiger partial charge on any atom is -0.398 e. The Balaban J connectivity index is 2.59. The highest BCUT2D eigenvalue weighted by molar-refractivity contribution is 7.98. The first-order chi connectivity index (χ1) is 7.13. The smallest absolute Gasteiger partial charge is 0.0410 e. The quantitative estimate of drug-likeness (QED) is 0.808. The molecule has 0 saturated heterocycles. The summed E-state index contributed by atoms with van der Waals surface area (Å²) in [6.07, 6.45) is 2.11. The van der Waals surface area contributed by atoms with Gasteiger partial charge in [-0.1, -0.05) is 11.6 Å². The fourth-order valence-electron chi connectivity index (χ4n) is 1.33. The number of anilines is 1. The molecule has 0 saturated carbocycles. The number of rotatable bonds is 5. The summed E-state index contributed by atoms with van der Waals surface area (Å²) in [5.74, 6) is 1.14. The SMILES string of the molecule is CSCCN(C)Cc1cc(Cl)ccc1N. The van der Waals surface area contributed by atoms with E-state index < -0.39 is 0 Å². The number of benzene rings is 1. The molecule has 2 nitrogen and oxygen atoms in total. The summed E-state index contributed by atoms with van der Waals surface area (Å²) in [6, 6.07) is 5.62. The van der Waals surface area contributed by atoms with Crippen molar-refractivity contribution in [3.05, 3.63) is 28.8 Å². The molecule has 0 aliphatic heterocycles. The minimum absolute atomic E-state index is 0.748.